The van der Waals surface area contributed by atoms with Crippen molar-refractivity contribution in [3.05, 3.63) is 17.6 Å². The van der Waals surface area contributed by atoms with Gasteiger partial charge < -0.3 is 15.4 Å². The minimum Gasteiger partial charge on any atom is -0.378 e. The summed E-state index contributed by atoms with van der Waals surface area (Å²) < 4.78 is 5.10. The maximum atomic E-state index is 5.10. The molecule has 1 atom stereocenters. The Morgan fingerprint density at radius 2 is 2.41 bits per heavy atom. The van der Waals surface area contributed by atoms with Crippen LogP contribution >= 0.6 is 0 Å². The molecule has 0 saturated carbocycles. The number of hydrogen-bond acceptors (Lipinski definition) is 5. The van der Waals surface area contributed by atoms with E-state index in [1.165, 1.54) is 12.8 Å². The number of anilines is 1. The van der Waals surface area contributed by atoms with E-state index < -0.39 is 0 Å². The lowest BCUT2D eigenvalue weighted by atomic mass is 10.1. The first-order valence-corrected chi connectivity index (χ1v) is 6.08. The van der Waals surface area contributed by atoms with Gasteiger partial charge in [0.25, 0.3) is 0 Å². The zero-order valence-corrected chi connectivity index (χ0v) is 10.5. The summed E-state index contributed by atoms with van der Waals surface area (Å²) in [6, 6.07) is 2.43. The largest absolute Gasteiger partial charge is 0.378 e. The second kappa shape index (κ2) is 5.93. The summed E-state index contributed by atoms with van der Waals surface area (Å²) in [4.78, 5) is 8.73. The van der Waals surface area contributed by atoms with Gasteiger partial charge >= 0.3 is 0 Å². The number of hydrogen-bond donors (Lipinski definition) is 2. The van der Waals surface area contributed by atoms with Crippen LogP contribution in [0.2, 0.25) is 0 Å². The topological polar surface area (TPSA) is 59.1 Å². The first-order chi connectivity index (χ1) is 8.28. The number of methoxy groups -OCH3 is 1. The number of ether oxygens (including phenoxy) is 1. The highest BCUT2D eigenvalue weighted by Crippen LogP contribution is 2.12. The number of rotatable bonds is 4. The Morgan fingerprint density at radius 1 is 1.53 bits per heavy atom. The number of nitrogens with zero attached hydrogens (tertiary/aromatic N) is 2. The molecule has 0 radical (unpaired) electrons. The summed E-state index contributed by atoms with van der Waals surface area (Å²) in [5.41, 5.74) is 0.922. The van der Waals surface area contributed by atoms with E-state index in [1.54, 1.807) is 7.11 Å². The van der Waals surface area contributed by atoms with Gasteiger partial charge in [0.2, 0.25) is 0 Å². The van der Waals surface area contributed by atoms with Crippen molar-refractivity contribution >= 4 is 5.82 Å². The maximum Gasteiger partial charge on any atom is 0.130 e. The van der Waals surface area contributed by atoms with Gasteiger partial charge in [-0.2, -0.15) is 0 Å². The van der Waals surface area contributed by atoms with Crippen LogP contribution in [0.3, 0.4) is 0 Å². The van der Waals surface area contributed by atoms with E-state index >= 15 is 0 Å². The Bertz CT molecular complexity index is 364. The molecule has 1 unspecified atom stereocenters. The van der Waals surface area contributed by atoms with E-state index in [1.807, 2.05) is 13.0 Å². The van der Waals surface area contributed by atoms with E-state index in [0.29, 0.717) is 12.6 Å². The molecule has 1 aromatic rings. The summed E-state index contributed by atoms with van der Waals surface area (Å²) in [6.07, 6.45) is 2.41. The Hall–Kier alpha value is -1.20. The smallest absolute Gasteiger partial charge is 0.130 e. The third-order valence-electron chi connectivity index (χ3n) is 2.83. The van der Waals surface area contributed by atoms with Crippen molar-refractivity contribution in [1.82, 2.24) is 15.3 Å². The van der Waals surface area contributed by atoms with E-state index in [-0.39, 0.29) is 0 Å². The minimum atomic E-state index is 0.466. The van der Waals surface area contributed by atoms with Crippen LogP contribution in [0.15, 0.2) is 6.07 Å². The molecule has 1 aliphatic rings. The first kappa shape index (κ1) is 12.3. The monoisotopic (exact) mass is 236 g/mol. The second-order valence-corrected chi connectivity index (χ2v) is 4.41. The van der Waals surface area contributed by atoms with Crippen LogP contribution in [0.4, 0.5) is 5.82 Å². The lowest BCUT2D eigenvalue weighted by molar-refractivity contribution is 0.181. The molecule has 94 valence electrons. The molecule has 2 rings (SSSR count). The van der Waals surface area contributed by atoms with Gasteiger partial charge in [0.1, 0.15) is 11.6 Å². The van der Waals surface area contributed by atoms with Crippen LogP contribution < -0.4 is 10.6 Å². The average Bonchev–Trinajstić information content (AvgIpc) is 2.30. The Labute approximate surface area is 102 Å². The number of aryl methyl sites for hydroxylation is 1. The molecule has 1 aliphatic heterocycles. The summed E-state index contributed by atoms with van der Waals surface area (Å²) in [5, 5.41) is 6.83. The van der Waals surface area contributed by atoms with E-state index in [0.717, 1.165) is 30.4 Å². The summed E-state index contributed by atoms with van der Waals surface area (Å²) in [7, 11) is 1.68. The molecule has 5 heteroatoms. The standard InChI is InChI=1S/C12H20N4O/c1-9-14-11(8-17-2)6-12(15-9)16-10-4-3-5-13-7-10/h6,10,13H,3-5,7-8H2,1-2H3,(H,14,15,16). The molecule has 5 nitrogen and oxygen atoms in total. The van der Waals surface area contributed by atoms with Crippen molar-refractivity contribution in [2.75, 3.05) is 25.5 Å². The van der Waals surface area contributed by atoms with Crippen molar-refractivity contribution in [3.63, 3.8) is 0 Å². The van der Waals surface area contributed by atoms with Crippen LogP contribution in [0.25, 0.3) is 0 Å². The van der Waals surface area contributed by atoms with E-state index in [9.17, 15) is 0 Å². The molecule has 2 heterocycles. The quantitative estimate of drug-likeness (QED) is 0.819. The highest BCUT2D eigenvalue weighted by molar-refractivity contribution is 5.37. The molecule has 0 spiro atoms. The Kier molecular flexibility index (Phi) is 4.28. The van der Waals surface area contributed by atoms with Crippen LogP contribution in [0.1, 0.15) is 24.4 Å². The van der Waals surface area contributed by atoms with Crippen molar-refractivity contribution in [2.45, 2.75) is 32.4 Å². The highest BCUT2D eigenvalue weighted by Gasteiger charge is 2.13. The molecular formula is C12H20N4O. The molecule has 1 saturated heterocycles. The molecule has 0 aliphatic carbocycles. The van der Waals surface area contributed by atoms with Crippen LogP contribution in [-0.2, 0) is 11.3 Å². The van der Waals surface area contributed by atoms with Gasteiger partial charge in [-0.1, -0.05) is 0 Å². The summed E-state index contributed by atoms with van der Waals surface area (Å²) >= 11 is 0. The maximum absolute atomic E-state index is 5.10. The van der Waals surface area contributed by atoms with Crippen molar-refractivity contribution in [1.29, 1.82) is 0 Å². The van der Waals surface area contributed by atoms with Gasteiger partial charge in [0, 0.05) is 25.8 Å². The highest BCUT2D eigenvalue weighted by atomic mass is 16.5. The van der Waals surface area contributed by atoms with Gasteiger partial charge in [-0.15, -0.1) is 0 Å². The lowest BCUT2D eigenvalue weighted by Crippen LogP contribution is -2.38. The Morgan fingerprint density at radius 3 is 3.12 bits per heavy atom. The van der Waals surface area contributed by atoms with Crippen molar-refractivity contribution in [2.24, 2.45) is 0 Å². The van der Waals surface area contributed by atoms with Gasteiger partial charge in [-0.05, 0) is 26.3 Å². The average molecular weight is 236 g/mol. The third-order valence-corrected chi connectivity index (χ3v) is 2.83. The molecular weight excluding hydrogens is 216 g/mol. The first-order valence-electron chi connectivity index (χ1n) is 6.08. The van der Waals surface area contributed by atoms with Gasteiger partial charge in [0.15, 0.2) is 0 Å². The van der Waals surface area contributed by atoms with Crippen molar-refractivity contribution < 1.29 is 4.74 Å². The van der Waals surface area contributed by atoms with E-state index in [4.69, 9.17) is 4.74 Å². The molecule has 0 amide bonds. The third kappa shape index (κ3) is 3.64. The SMILES string of the molecule is COCc1cc(NC2CCCNC2)nc(C)n1. The van der Waals surface area contributed by atoms with Gasteiger partial charge in [0.05, 0.1) is 12.3 Å². The molecule has 1 aromatic heterocycles. The summed E-state index contributed by atoms with van der Waals surface area (Å²) in [5.74, 6) is 1.68. The van der Waals surface area contributed by atoms with Crippen LogP contribution in [0, 0.1) is 6.92 Å². The summed E-state index contributed by atoms with van der Waals surface area (Å²) in [6.45, 7) is 4.56. The second-order valence-electron chi connectivity index (χ2n) is 4.41. The predicted octanol–water partition coefficient (Wildman–Crippen LogP) is 1.10. The van der Waals surface area contributed by atoms with Crippen molar-refractivity contribution in [3.8, 4) is 0 Å². The zero-order chi connectivity index (χ0) is 12.1. The normalized spacial score (nSPS) is 20.2. The van der Waals surface area contributed by atoms with Gasteiger partial charge in [-0.3, -0.25) is 0 Å². The lowest BCUT2D eigenvalue weighted by Gasteiger charge is -2.24. The zero-order valence-electron chi connectivity index (χ0n) is 10.5. The Balaban J connectivity index is 2.03. The fourth-order valence-electron chi connectivity index (χ4n) is 2.11. The number of piperidine rings is 1. The number of aromatic nitrogens is 2. The van der Waals surface area contributed by atoms with Crippen LogP contribution in [-0.4, -0.2) is 36.2 Å². The molecule has 1 fully saturated rings. The molecule has 2 N–H and O–H groups in total. The molecule has 0 aromatic carbocycles. The fourth-order valence-corrected chi connectivity index (χ4v) is 2.11. The predicted molar refractivity (Wildman–Crippen MR) is 67.0 cm³/mol. The fraction of sp³-hybridized carbons (Fsp3) is 0.667. The minimum absolute atomic E-state index is 0.466. The van der Waals surface area contributed by atoms with E-state index in [2.05, 4.69) is 20.6 Å². The van der Waals surface area contributed by atoms with Crippen LogP contribution in [0.5, 0.6) is 0 Å². The molecule has 17 heavy (non-hydrogen) atoms. The molecule has 0 bridgehead atoms. The number of nitrogens with one attached hydrogen (secondary N) is 2. The van der Waals surface area contributed by atoms with Gasteiger partial charge in [-0.25, -0.2) is 9.97 Å².